The number of thiocarbonyl (C=S) groups is 1. The van der Waals surface area contributed by atoms with E-state index in [1.807, 2.05) is 66.7 Å². The third kappa shape index (κ3) is 16.9. The van der Waals surface area contributed by atoms with Crippen LogP contribution in [0.15, 0.2) is 78.9 Å². The van der Waals surface area contributed by atoms with Crippen molar-refractivity contribution in [1.29, 1.82) is 0 Å². The van der Waals surface area contributed by atoms with Gasteiger partial charge in [-0.15, -0.1) is 0 Å². The molecule has 5 atom stereocenters. The van der Waals surface area contributed by atoms with Crippen LogP contribution < -0.4 is 14.8 Å². The normalized spacial score (nSPS) is 15.3. The van der Waals surface area contributed by atoms with E-state index in [1.165, 1.54) is 0 Å². The lowest BCUT2D eigenvalue weighted by atomic mass is 9.79. The maximum atomic E-state index is 7.44. The van der Waals surface area contributed by atoms with Crippen LogP contribution in [0.1, 0.15) is 57.7 Å². The zero-order valence-electron chi connectivity index (χ0n) is 40.5. The molecule has 350 valence electrons. The second kappa shape index (κ2) is 30.8. The highest BCUT2D eigenvalue weighted by Gasteiger charge is 2.49. The van der Waals surface area contributed by atoms with Crippen molar-refractivity contribution in [1.82, 2.24) is 9.99 Å². The first-order valence-electron chi connectivity index (χ1n) is 22.1. The van der Waals surface area contributed by atoms with Gasteiger partial charge in [0, 0.05) is 37.0 Å². The van der Waals surface area contributed by atoms with Gasteiger partial charge in [0.25, 0.3) is 8.53 Å². The van der Waals surface area contributed by atoms with Crippen molar-refractivity contribution < 1.29 is 28.0 Å². The Kier molecular flexibility index (Phi) is 24.2. The van der Waals surface area contributed by atoms with Gasteiger partial charge in [-0.25, -0.2) is 11.2 Å². The van der Waals surface area contributed by atoms with Gasteiger partial charge in [0.2, 0.25) is 6.54 Å². The van der Waals surface area contributed by atoms with E-state index in [9.17, 15) is 0 Å². The fraction of sp³-hybridized carbons (Fsp3) is 0.322. The molecular weight excluding hydrogens is 910 g/mol. The van der Waals surface area contributed by atoms with Crippen LogP contribution in [0.2, 0.25) is 0 Å². The van der Waals surface area contributed by atoms with Gasteiger partial charge in [-0.1, -0.05) is 72.7 Å². The Morgan fingerprint density at radius 2 is 1.14 bits per heavy atom. The summed E-state index contributed by atoms with van der Waals surface area (Å²) in [6, 6.07) is 25.8. The molecule has 1 aliphatic rings. The molecule has 4 rings (SSSR count). The number of hydrogen-bond acceptors (Lipinski definition) is 8. The monoisotopic (exact) mass is 961 g/mol. The van der Waals surface area contributed by atoms with Gasteiger partial charge in [0.1, 0.15) is 29.8 Å². The molecule has 9 nitrogen and oxygen atoms in total. The molecule has 11 heteroatoms. The first-order valence-corrected chi connectivity index (χ1v) is 23.6. The maximum absolute atomic E-state index is 7.44. The predicted octanol–water partition coefficient (Wildman–Crippen LogP) is 8.05. The van der Waals surface area contributed by atoms with Crippen LogP contribution in [-0.2, 0) is 24.1 Å². The minimum atomic E-state index is -1.66. The molecule has 0 amide bonds. The molecule has 0 aliphatic heterocycles. The van der Waals surface area contributed by atoms with Crippen molar-refractivity contribution >= 4 is 25.7 Å². The molecule has 0 radical (unpaired) electrons. The van der Waals surface area contributed by atoms with Crippen molar-refractivity contribution in [3.63, 3.8) is 0 Å². The van der Waals surface area contributed by atoms with E-state index in [-0.39, 0.29) is 48.8 Å². The van der Waals surface area contributed by atoms with Crippen molar-refractivity contribution in [2.45, 2.75) is 77.0 Å². The second-order valence-electron chi connectivity index (χ2n) is 15.3. The number of rotatable bonds is 18. The lowest BCUT2D eigenvalue weighted by Gasteiger charge is -2.40. The van der Waals surface area contributed by atoms with Gasteiger partial charge in [0.05, 0.1) is 33.0 Å². The molecule has 3 aromatic carbocycles. The molecule has 0 spiro atoms. The Labute approximate surface area is 422 Å². The molecule has 0 bridgehead atoms. The van der Waals surface area contributed by atoms with E-state index in [1.54, 1.807) is 28.3 Å². The van der Waals surface area contributed by atoms with Gasteiger partial charge < -0.3 is 38.2 Å². The number of nitrogens with zero attached hydrogens (tertiary/aromatic N) is 2. The molecule has 70 heavy (non-hydrogen) atoms. The lowest BCUT2D eigenvalue weighted by molar-refractivity contribution is -0.0524. The van der Waals surface area contributed by atoms with Gasteiger partial charge in [-0.3, -0.25) is 0 Å². The maximum Gasteiger partial charge on any atom is 0.259 e. The zero-order valence-corrected chi connectivity index (χ0v) is 42.2. The summed E-state index contributed by atoms with van der Waals surface area (Å²) in [5.41, 5.74) is 1.63. The Morgan fingerprint density at radius 1 is 0.686 bits per heavy atom. The Hall–Kier alpha value is -7.53. The molecule has 0 heterocycles. The number of benzene rings is 3. The van der Waals surface area contributed by atoms with E-state index in [0.29, 0.717) is 6.42 Å². The smallest absolute Gasteiger partial charge is 0.259 e. The standard InChI is InChI=1S/C59H52N3O6PS/c1-10-11-12-13-14-15-16-17-18-19-20-21-22-23-24-25-26-27-31-34-56(70)61-55-45-49(57(58(55)65-9)68-69(67-44-43-60-6)62(47(2)3)48(4)5)46-66-59(50-32-29-28-30-33-50,51-35-39-53(63-7)40-36-51)52-37-41-54(64-8)42-38-52/h28-30,32-33,35-42,47-49,55,57-58H,43-46H2,1-5,7-9H3,(H,61,70)/t49-,55-,57?,58-,69?/m1/s1. The average Bonchev–Trinajstić information content (AvgIpc) is 3.69. The first-order chi connectivity index (χ1) is 34.1. The van der Waals surface area contributed by atoms with Crippen LogP contribution in [0, 0.1) is 131 Å². The molecule has 0 saturated heterocycles. The van der Waals surface area contributed by atoms with Crippen LogP contribution in [0.3, 0.4) is 0 Å². The topological polar surface area (TPSA) is 75.0 Å². The van der Waals surface area contributed by atoms with E-state index in [2.05, 4.69) is 173 Å². The molecule has 0 aromatic heterocycles. The highest BCUT2D eigenvalue weighted by Crippen LogP contribution is 2.51. The quantitative estimate of drug-likeness (QED) is 0.0341. The summed E-state index contributed by atoms with van der Waals surface area (Å²) >= 11 is 5.75. The first kappa shape index (κ1) is 55.1. The average molecular weight is 962 g/mol. The van der Waals surface area contributed by atoms with Crippen molar-refractivity contribution in [3.8, 4) is 130 Å². The van der Waals surface area contributed by atoms with Crippen LogP contribution in [0.4, 0.5) is 0 Å². The zero-order chi connectivity index (χ0) is 50.4. The van der Waals surface area contributed by atoms with Crippen molar-refractivity contribution in [3.05, 3.63) is 107 Å². The minimum absolute atomic E-state index is 0.0748. The summed E-state index contributed by atoms with van der Waals surface area (Å²) in [6.07, 6.45) is -0.524. The number of hydrogen-bond donors (Lipinski definition) is 1. The third-order valence-corrected chi connectivity index (χ3v) is 12.6. The number of methoxy groups -OCH3 is 3. The largest absolute Gasteiger partial charge is 0.497 e. The summed E-state index contributed by atoms with van der Waals surface area (Å²) in [4.78, 5) is 3.81. The van der Waals surface area contributed by atoms with E-state index in [4.69, 9.17) is 46.8 Å². The van der Waals surface area contributed by atoms with Crippen LogP contribution >= 0.6 is 20.7 Å². The van der Waals surface area contributed by atoms with Gasteiger partial charge in [-0.05, 0) is 183 Å². The SMILES string of the molecule is [C-]#[N+]CCOP(OC1[C@@H](COC(c2ccccc2)(c2ccc(OC)cc2)c2ccc(OC)cc2)C[C@@H](NC(=S)C#CC#CC#CC#CC#CC#CC#CC#CC#CC#CC)[C@H]1OC)N(C(C)C)C(C)C. The highest BCUT2D eigenvalue weighted by molar-refractivity contribution is 7.80. The Morgan fingerprint density at radius 3 is 1.57 bits per heavy atom. The van der Waals surface area contributed by atoms with E-state index < -0.39 is 26.3 Å². The molecular formula is C59H52N3O6PS. The fourth-order valence-electron chi connectivity index (χ4n) is 7.39. The lowest BCUT2D eigenvalue weighted by Crippen LogP contribution is -2.45. The number of nitrogens with one attached hydrogen (secondary N) is 1. The summed E-state index contributed by atoms with van der Waals surface area (Å²) in [5.74, 6) is 53.5. The summed E-state index contributed by atoms with van der Waals surface area (Å²) < 4.78 is 40.7. The van der Waals surface area contributed by atoms with Crippen LogP contribution in [0.5, 0.6) is 11.5 Å². The van der Waals surface area contributed by atoms with Gasteiger partial charge in [0.15, 0.2) is 4.99 Å². The molecule has 1 saturated carbocycles. The third-order valence-electron chi connectivity index (χ3n) is 10.2. The molecule has 2 unspecified atom stereocenters. The van der Waals surface area contributed by atoms with Crippen molar-refractivity contribution in [2.24, 2.45) is 5.92 Å². The Bertz CT molecular complexity index is 2900. The van der Waals surface area contributed by atoms with Gasteiger partial charge in [-0.2, -0.15) is 0 Å². The highest BCUT2D eigenvalue weighted by atomic mass is 32.1. The fourth-order valence-corrected chi connectivity index (χ4v) is 9.39. The Balaban J connectivity index is 1.65. The minimum Gasteiger partial charge on any atom is -0.497 e. The predicted molar refractivity (Wildman–Crippen MR) is 281 cm³/mol. The van der Waals surface area contributed by atoms with Crippen molar-refractivity contribution in [2.75, 3.05) is 41.1 Å². The number of ether oxygens (including phenoxy) is 4. The van der Waals surface area contributed by atoms with Crippen LogP contribution in [-0.4, -0.2) is 81.1 Å². The molecule has 3 aromatic rings. The molecule has 1 aliphatic carbocycles. The second-order valence-corrected chi connectivity index (χ2v) is 17.1. The summed E-state index contributed by atoms with van der Waals surface area (Å²) in [5, 5.41) is 3.42. The van der Waals surface area contributed by atoms with E-state index in [0.717, 1.165) is 28.2 Å². The molecule has 1 N–H and O–H groups in total. The summed E-state index contributed by atoms with van der Waals surface area (Å²) in [6.45, 7) is 18.2. The van der Waals surface area contributed by atoms with E-state index >= 15 is 0 Å². The molecule has 1 fully saturated rings. The van der Waals surface area contributed by atoms with Gasteiger partial charge >= 0.3 is 0 Å². The summed E-state index contributed by atoms with van der Waals surface area (Å²) in [7, 11) is 3.28. The van der Waals surface area contributed by atoms with Crippen LogP contribution in [0.25, 0.3) is 4.85 Å².